The Morgan fingerprint density at radius 2 is 2.22 bits per heavy atom. The molecular weight excluding hydrogens is 253 g/mol. The van der Waals surface area contributed by atoms with Crippen LogP contribution >= 0.6 is 11.6 Å². The van der Waals surface area contributed by atoms with E-state index in [0.29, 0.717) is 11.4 Å². The second-order valence-electron chi connectivity index (χ2n) is 4.30. The van der Waals surface area contributed by atoms with Crippen molar-refractivity contribution >= 4 is 17.3 Å². The van der Waals surface area contributed by atoms with Crippen LogP contribution in [-0.2, 0) is 0 Å². The number of anilines is 1. The zero-order valence-electron chi connectivity index (χ0n) is 10.3. The predicted octanol–water partition coefficient (Wildman–Crippen LogP) is 3.90. The lowest BCUT2D eigenvalue weighted by Crippen LogP contribution is -2.04. The average Bonchev–Trinajstić information content (AvgIpc) is 2.74. The molecule has 0 aliphatic rings. The summed E-state index contributed by atoms with van der Waals surface area (Å²) in [7, 11) is 0. The van der Waals surface area contributed by atoms with Gasteiger partial charge in [-0.3, -0.25) is 4.68 Å². The van der Waals surface area contributed by atoms with E-state index < -0.39 is 5.82 Å². The molecule has 1 atom stereocenters. The van der Waals surface area contributed by atoms with Crippen LogP contribution in [0.5, 0.6) is 0 Å². The number of hydrogen-bond donors (Lipinski definition) is 1. The Kier molecular flexibility index (Phi) is 3.57. The minimum Gasteiger partial charge on any atom is -0.396 e. The Labute approximate surface area is 110 Å². The lowest BCUT2D eigenvalue weighted by Gasteiger charge is -2.07. The smallest absolute Gasteiger partial charge is 0.141 e. The Hall–Kier alpha value is -1.55. The van der Waals surface area contributed by atoms with Crippen molar-refractivity contribution in [3.63, 3.8) is 0 Å². The number of nitrogens with zero attached hydrogens (tertiary/aromatic N) is 2. The van der Waals surface area contributed by atoms with Crippen LogP contribution in [0, 0.1) is 5.82 Å². The van der Waals surface area contributed by atoms with Gasteiger partial charge in [-0.15, -0.1) is 0 Å². The Balaban J connectivity index is 2.44. The number of nitrogens with two attached hydrogens (primary N) is 1. The summed E-state index contributed by atoms with van der Waals surface area (Å²) in [5.41, 5.74) is 7.86. The molecule has 2 N–H and O–H groups in total. The third-order valence-corrected chi connectivity index (χ3v) is 3.29. The molecule has 0 saturated carbocycles. The molecule has 0 bridgehead atoms. The monoisotopic (exact) mass is 267 g/mol. The Bertz CT molecular complexity index is 565. The van der Waals surface area contributed by atoms with Crippen molar-refractivity contribution in [3.8, 4) is 11.3 Å². The molecule has 3 nitrogen and oxygen atoms in total. The standard InChI is InChI=1S/C13H15ClFN3/c1-3-8(2)18-7-12(16)13(17-18)9-4-5-11(15)10(14)6-9/h4-8H,3,16H2,1-2H3. The minimum absolute atomic E-state index is 0.0741. The van der Waals surface area contributed by atoms with Crippen molar-refractivity contribution in [1.82, 2.24) is 9.78 Å². The number of hydrogen-bond acceptors (Lipinski definition) is 2. The van der Waals surface area contributed by atoms with E-state index in [-0.39, 0.29) is 11.1 Å². The fourth-order valence-electron chi connectivity index (χ4n) is 1.69. The molecule has 2 aromatic rings. The summed E-state index contributed by atoms with van der Waals surface area (Å²) in [6.07, 6.45) is 2.76. The van der Waals surface area contributed by atoms with Crippen molar-refractivity contribution in [3.05, 3.63) is 35.2 Å². The van der Waals surface area contributed by atoms with Gasteiger partial charge in [0.25, 0.3) is 0 Å². The summed E-state index contributed by atoms with van der Waals surface area (Å²) >= 11 is 5.76. The van der Waals surface area contributed by atoms with E-state index in [1.807, 2.05) is 4.68 Å². The summed E-state index contributed by atoms with van der Waals surface area (Å²) < 4.78 is 14.9. The molecule has 0 aliphatic carbocycles. The third-order valence-electron chi connectivity index (χ3n) is 3.00. The van der Waals surface area contributed by atoms with Crippen LogP contribution in [-0.4, -0.2) is 9.78 Å². The third kappa shape index (κ3) is 2.34. The molecule has 1 aromatic carbocycles. The maximum absolute atomic E-state index is 13.1. The molecule has 2 rings (SSSR count). The van der Waals surface area contributed by atoms with E-state index in [9.17, 15) is 4.39 Å². The normalized spacial score (nSPS) is 12.7. The number of rotatable bonds is 3. The van der Waals surface area contributed by atoms with Crippen molar-refractivity contribution in [2.45, 2.75) is 26.3 Å². The topological polar surface area (TPSA) is 43.8 Å². The lowest BCUT2D eigenvalue weighted by molar-refractivity contribution is 0.479. The highest BCUT2D eigenvalue weighted by atomic mass is 35.5. The minimum atomic E-state index is -0.444. The molecule has 18 heavy (non-hydrogen) atoms. The van der Waals surface area contributed by atoms with Gasteiger partial charge < -0.3 is 5.73 Å². The molecule has 0 saturated heterocycles. The van der Waals surface area contributed by atoms with Crippen molar-refractivity contribution in [2.24, 2.45) is 0 Å². The van der Waals surface area contributed by atoms with E-state index in [2.05, 4.69) is 18.9 Å². The second-order valence-corrected chi connectivity index (χ2v) is 4.71. The maximum Gasteiger partial charge on any atom is 0.141 e. The molecule has 5 heteroatoms. The fraction of sp³-hybridized carbons (Fsp3) is 0.308. The van der Waals surface area contributed by atoms with Crippen LogP contribution in [0.1, 0.15) is 26.3 Å². The zero-order chi connectivity index (χ0) is 13.3. The number of halogens is 2. The van der Waals surface area contributed by atoms with Crippen molar-refractivity contribution in [2.75, 3.05) is 5.73 Å². The molecule has 1 heterocycles. The summed E-state index contributed by atoms with van der Waals surface area (Å²) in [6.45, 7) is 4.14. The highest BCUT2D eigenvalue weighted by Gasteiger charge is 2.12. The Morgan fingerprint density at radius 3 is 2.83 bits per heavy atom. The van der Waals surface area contributed by atoms with E-state index in [1.165, 1.54) is 12.1 Å². The molecular formula is C13H15ClFN3. The first kappa shape index (κ1) is 12.9. The van der Waals surface area contributed by atoms with Crippen LogP contribution < -0.4 is 5.73 Å². The quantitative estimate of drug-likeness (QED) is 0.917. The van der Waals surface area contributed by atoms with E-state index >= 15 is 0 Å². The van der Waals surface area contributed by atoms with Gasteiger partial charge in [0, 0.05) is 17.8 Å². The molecule has 0 spiro atoms. The van der Waals surface area contributed by atoms with Gasteiger partial charge in [-0.05, 0) is 31.5 Å². The van der Waals surface area contributed by atoms with E-state index in [4.69, 9.17) is 17.3 Å². The predicted molar refractivity (Wildman–Crippen MR) is 72.0 cm³/mol. The molecule has 0 radical (unpaired) electrons. The number of benzene rings is 1. The van der Waals surface area contributed by atoms with E-state index in [1.54, 1.807) is 12.3 Å². The van der Waals surface area contributed by atoms with Crippen LogP contribution in [0.25, 0.3) is 11.3 Å². The van der Waals surface area contributed by atoms with Crippen molar-refractivity contribution in [1.29, 1.82) is 0 Å². The highest BCUT2D eigenvalue weighted by molar-refractivity contribution is 6.31. The average molecular weight is 268 g/mol. The van der Waals surface area contributed by atoms with Crippen LogP contribution in [0.4, 0.5) is 10.1 Å². The van der Waals surface area contributed by atoms with Gasteiger partial charge in [-0.25, -0.2) is 4.39 Å². The van der Waals surface area contributed by atoms with Crippen LogP contribution in [0.15, 0.2) is 24.4 Å². The van der Waals surface area contributed by atoms with Gasteiger partial charge in [0.2, 0.25) is 0 Å². The van der Waals surface area contributed by atoms with Crippen LogP contribution in [0.3, 0.4) is 0 Å². The highest BCUT2D eigenvalue weighted by Crippen LogP contribution is 2.29. The van der Waals surface area contributed by atoms with E-state index in [0.717, 1.165) is 12.0 Å². The first-order valence-electron chi connectivity index (χ1n) is 5.83. The SMILES string of the molecule is CCC(C)n1cc(N)c(-c2ccc(F)c(Cl)c2)n1. The second kappa shape index (κ2) is 4.98. The largest absolute Gasteiger partial charge is 0.396 e. The maximum atomic E-state index is 13.1. The van der Waals surface area contributed by atoms with Gasteiger partial charge in [-0.1, -0.05) is 18.5 Å². The molecule has 0 fully saturated rings. The summed E-state index contributed by atoms with van der Waals surface area (Å²) in [6, 6.07) is 4.76. The van der Waals surface area contributed by atoms with Crippen molar-refractivity contribution < 1.29 is 4.39 Å². The fourth-order valence-corrected chi connectivity index (χ4v) is 1.87. The summed E-state index contributed by atoms with van der Waals surface area (Å²) in [5, 5.41) is 4.51. The first-order chi connectivity index (χ1) is 8.52. The van der Waals surface area contributed by atoms with Gasteiger partial charge in [0.15, 0.2) is 0 Å². The van der Waals surface area contributed by atoms with Gasteiger partial charge in [-0.2, -0.15) is 5.10 Å². The molecule has 1 unspecified atom stereocenters. The molecule has 1 aromatic heterocycles. The Morgan fingerprint density at radius 1 is 1.50 bits per heavy atom. The van der Waals surface area contributed by atoms with Gasteiger partial charge >= 0.3 is 0 Å². The van der Waals surface area contributed by atoms with Gasteiger partial charge in [0.05, 0.1) is 10.7 Å². The molecule has 0 amide bonds. The lowest BCUT2D eigenvalue weighted by atomic mass is 10.1. The summed E-state index contributed by atoms with van der Waals surface area (Å²) in [4.78, 5) is 0. The first-order valence-corrected chi connectivity index (χ1v) is 6.20. The summed E-state index contributed by atoms with van der Waals surface area (Å²) in [5.74, 6) is -0.444. The number of nitrogen functional groups attached to an aromatic ring is 1. The van der Waals surface area contributed by atoms with Gasteiger partial charge in [0.1, 0.15) is 11.5 Å². The number of aromatic nitrogens is 2. The molecule has 0 aliphatic heterocycles. The zero-order valence-corrected chi connectivity index (χ0v) is 11.1. The molecule has 96 valence electrons. The van der Waals surface area contributed by atoms with Crippen LogP contribution in [0.2, 0.25) is 5.02 Å².